The Kier molecular flexibility index (Phi) is 4.48. The van der Waals surface area contributed by atoms with Crippen molar-refractivity contribution in [3.63, 3.8) is 0 Å². The molecule has 0 amide bonds. The quantitative estimate of drug-likeness (QED) is 0.883. The van der Waals surface area contributed by atoms with E-state index in [-0.39, 0.29) is 0 Å². The highest BCUT2D eigenvalue weighted by Crippen LogP contribution is 2.39. The zero-order valence-corrected chi connectivity index (χ0v) is 12.2. The minimum Gasteiger partial charge on any atom is -0.493 e. The van der Waals surface area contributed by atoms with Crippen LogP contribution in [0.5, 0.6) is 11.5 Å². The zero-order valence-electron chi connectivity index (χ0n) is 12.2. The second-order valence-electron chi connectivity index (χ2n) is 5.13. The lowest BCUT2D eigenvalue weighted by Gasteiger charge is -2.22. The molecule has 1 aromatic rings. The van der Waals surface area contributed by atoms with Crippen molar-refractivity contribution < 1.29 is 9.47 Å². The Morgan fingerprint density at radius 1 is 1.21 bits per heavy atom. The highest BCUT2D eigenvalue weighted by molar-refractivity contribution is 5.75. The van der Waals surface area contributed by atoms with Gasteiger partial charge in [-0.05, 0) is 30.0 Å². The molecule has 1 aliphatic carbocycles. The fraction of sp³-hybridized carbons (Fsp3) is 0.500. The molecule has 0 aromatic heterocycles. The number of methoxy groups -OCH3 is 2. The average Bonchev–Trinajstić information content (AvgIpc) is 2.43. The van der Waals surface area contributed by atoms with Gasteiger partial charge >= 0.3 is 0 Å². The molecule has 0 bridgehead atoms. The molecule has 0 heterocycles. The first kappa shape index (κ1) is 13.9. The summed E-state index contributed by atoms with van der Waals surface area (Å²) in [6.45, 7) is 5.23. The number of allylic oxidation sites excluding steroid dienone is 1. The summed E-state index contributed by atoms with van der Waals surface area (Å²) in [6.07, 6.45) is 4.40. The molecule has 0 atom stereocenters. The fourth-order valence-corrected chi connectivity index (χ4v) is 2.52. The largest absolute Gasteiger partial charge is 0.493 e. The number of fused-ring (bicyclic) bond motifs is 1. The number of ether oxygens (including phenoxy) is 2. The molecule has 0 aliphatic heterocycles. The van der Waals surface area contributed by atoms with Gasteiger partial charge < -0.3 is 14.8 Å². The van der Waals surface area contributed by atoms with Crippen LogP contribution in [-0.2, 0) is 6.42 Å². The van der Waals surface area contributed by atoms with E-state index in [2.05, 4.69) is 31.3 Å². The summed E-state index contributed by atoms with van der Waals surface area (Å²) in [6, 6.07) is 4.63. The van der Waals surface area contributed by atoms with Crippen molar-refractivity contribution in [2.45, 2.75) is 32.7 Å². The summed E-state index contributed by atoms with van der Waals surface area (Å²) in [4.78, 5) is 0. The molecule has 0 fully saturated rings. The van der Waals surface area contributed by atoms with Crippen LogP contribution in [-0.4, -0.2) is 26.8 Å². The van der Waals surface area contributed by atoms with Gasteiger partial charge in [-0.3, -0.25) is 0 Å². The lowest BCUT2D eigenvalue weighted by molar-refractivity contribution is 0.351. The van der Waals surface area contributed by atoms with E-state index in [0.717, 1.165) is 30.9 Å². The molecule has 1 aromatic carbocycles. The van der Waals surface area contributed by atoms with Crippen molar-refractivity contribution in [3.8, 4) is 11.5 Å². The van der Waals surface area contributed by atoms with Gasteiger partial charge in [-0.1, -0.05) is 26.0 Å². The highest BCUT2D eigenvalue weighted by atomic mass is 16.5. The zero-order chi connectivity index (χ0) is 13.8. The first-order valence-corrected chi connectivity index (χ1v) is 6.84. The summed E-state index contributed by atoms with van der Waals surface area (Å²) in [7, 11) is 3.40. The van der Waals surface area contributed by atoms with E-state index in [1.54, 1.807) is 14.2 Å². The van der Waals surface area contributed by atoms with Crippen LogP contribution in [0.3, 0.4) is 0 Å². The van der Waals surface area contributed by atoms with Crippen LogP contribution in [0.1, 0.15) is 31.4 Å². The van der Waals surface area contributed by atoms with Gasteiger partial charge in [0.1, 0.15) is 0 Å². The monoisotopic (exact) mass is 261 g/mol. The third-order valence-corrected chi connectivity index (χ3v) is 3.48. The summed E-state index contributed by atoms with van der Waals surface area (Å²) in [5.74, 6) is 1.70. The smallest absolute Gasteiger partial charge is 0.164 e. The van der Waals surface area contributed by atoms with E-state index in [0.29, 0.717) is 6.04 Å². The normalized spacial score (nSPS) is 14.1. The standard InChI is InChI=1S/C16H23NO2/c1-11(2)17-10-12-6-5-7-14-13(12)8-9-15(18-3)16(14)19-4/h6,8-9,11,17H,5,7,10H2,1-4H3. The van der Waals surface area contributed by atoms with E-state index in [4.69, 9.17) is 9.47 Å². The van der Waals surface area contributed by atoms with Crippen molar-refractivity contribution >= 4 is 5.57 Å². The first-order valence-electron chi connectivity index (χ1n) is 6.84. The number of nitrogens with one attached hydrogen (secondary N) is 1. The number of rotatable bonds is 5. The second-order valence-corrected chi connectivity index (χ2v) is 5.13. The fourth-order valence-electron chi connectivity index (χ4n) is 2.52. The molecule has 0 saturated carbocycles. The number of hydrogen-bond acceptors (Lipinski definition) is 3. The lowest BCUT2D eigenvalue weighted by Crippen LogP contribution is -2.25. The minimum atomic E-state index is 0.492. The average molecular weight is 261 g/mol. The van der Waals surface area contributed by atoms with Gasteiger partial charge in [-0.15, -0.1) is 0 Å². The minimum absolute atomic E-state index is 0.492. The van der Waals surface area contributed by atoms with Crippen molar-refractivity contribution in [2.24, 2.45) is 0 Å². The third kappa shape index (κ3) is 2.92. The molecule has 0 spiro atoms. The van der Waals surface area contributed by atoms with Crippen LogP contribution in [0.4, 0.5) is 0 Å². The van der Waals surface area contributed by atoms with Gasteiger partial charge in [0.25, 0.3) is 0 Å². The Morgan fingerprint density at radius 2 is 2.00 bits per heavy atom. The van der Waals surface area contributed by atoms with E-state index in [1.165, 1.54) is 16.7 Å². The molecule has 104 valence electrons. The van der Waals surface area contributed by atoms with Crippen molar-refractivity contribution in [3.05, 3.63) is 29.3 Å². The Balaban J connectivity index is 2.34. The highest BCUT2D eigenvalue weighted by Gasteiger charge is 2.19. The van der Waals surface area contributed by atoms with Gasteiger partial charge in [0.2, 0.25) is 0 Å². The third-order valence-electron chi connectivity index (χ3n) is 3.48. The van der Waals surface area contributed by atoms with Gasteiger partial charge in [0.15, 0.2) is 11.5 Å². The SMILES string of the molecule is COc1ccc2c(c1OC)CCC=C2CNC(C)C. The predicted molar refractivity (Wildman–Crippen MR) is 79.0 cm³/mol. The van der Waals surface area contributed by atoms with E-state index in [9.17, 15) is 0 Å². The van der Waals surface area contributed by atoms with Crippen molar-refractivity contribution in [1.82, 2.24) is 5.32 Å². The Hall–Kier alpha value is -1.48. The van der Waals surface area contributed by atoms with Crippen molar-refractivity contribution in [2.75, 3.05) is 20.8 Å². The van der Waals surface area contributed by atoms with Gasteiger partial charge in [0, 0.05) is 18.2 Å². The molecule has 1 N–H and O–H groups in total. The Labute approximate surface area is 115 Å². The lowest BCUT2D eigenvalue weighted by atomic mass is 9.89. The first-order chi connectivity index (χ1) is 9.17. The molecule has 19 heavy (non-hydrogen) atoms. The molecule has 3 heteroatoms. The topological polar surface area (TPSA) is 30.5 Å². The number of hydrogen-bond donors (Lipinski definition) is 1. The molecule has 3 nitrogen and oxygen atoms in total. The molecule has 0 saturated heterocycles. The summed E-state index contributed by atoms with van der Waals surface area (Å²) < 4.78 is 10.9. The number of benzene rings is 1. The summed E-state index contributed by atoms with van der Waals surface area (Å²) >= 11 is 0. The van der Waals surface area contributed by atoms with Crippen LogP contribution in [0.25, 0.3) is 5.57 Å². The van der Waals surface area contributed by atoms with E-state index in [1.807, 2.05) is 6.07 Å². The predicted octanol–water partition coefficient (Wildman–Crippen LogP) is 3.03. The second kappa shape index (κ2) is 6.11. The van der Waals surface area contributed by atoms with Crippen LogP contribution in [0.15, 0.2) is 18.2 Å². The molecule has 2 rings (SSSR count). The van der Waals surface area contributed by atoms with Crippen LogP contribution in [0.2, 0.25) is 0 Å². The summed E-state index contributed by atoms with van der Waals surface area (Å²) in [5, 5.41) is 3.48. The van der Waals surface area contributed by atoms with Gasteiger partial charge in [0.05, 0.1) is 14.2 Å². The van der Waals surface area contributed by atoms with Crippen LogP contribution >= 0.6 is 0 Å². The summed E-state index contributed by atoms with van der Waals surface area (Å²) in [5.41, 5.74) is 3.91. The molecule has 1 aliphatic rings. The van der Waals surface area contributed by atoms with Crippen molar-refractivity contribution in [1.29, 1.82) is 0 Å². The molecule has 0 radical (unpaired) electrons. The Bertz CT molecular complexity index is 478. The molecular formula is C16H23NO2. The maximum Gasteiger partial charge on any atom is 0.164 e. The van der Waals surface area contributed by atoms with Crippen LogP contribution in [0, 0.1) is 0 Å². The maximum absolute atomic E-state index is 5.54. The van der Waals surface area contributed by atoms with Gasteiger partial charge in [-0.25, -0.2) is 0 Å². The van der Waals surface area contributed by atoms with E-state index < -0.39 is 0 Å². The van der Waals surface area contributed by atoms with E-state index >= 15 is 0 Å². The van der Waals surface area contributed by atoms with Crippen LogP contribution < -0.4 is 14.8 Å². The maximum atomic E-state index is 5.54. The Morgan fingerprint density at radius 3 is 2.63 bits per heavy atom. The van der Waals surface area contributed by atoms with Gasteiger partial charge in [-0.2, -0.15) is 0 Å². The molecular weight excluding hydrogens is 238 g/mol. The molecule has 0 unspecified atom stereocenters.